The molecule has 0 saturated heterocycles. The third kappa shape index (κ3) is 5.67. The molecule has 0 bridgehead atoms. The molecule has 3 aromatic heterocycles. The van der Waals surface area contributed by atoms with Crippen molar-refractivity contribution in [2.24, 2.45) is 0 Å². The molecule has 0 aliphatic carbocycles. The summed E-state index contributed by atoms with van der Waals surface area (Å²) in [7, 11) is 0. The van der Waals surface area contributed by atoms with E-state index >= 15 is 0 Å². The molecule has 3 rings (SSSR count). The Morgan fingerprint density at radius 3 is 2.42 bits per heavy atom. The third-order valence-corrected chi connectivity index (χ3v) is 6.63. The number of hydrogen-bond acceptors (Lipinski definition) is 6. The number of aryl methyl sites for hydroxylation is 1. The molecular weight excluding hydrogens is 477 g/mol. The highest BCUT2D eigenvalue weighted by Gasteiger charge is 2.34. The minimum Gasteiger partial charge on any atom is -0.323 e. The van der Waals surface area contributed by atoms with E-state index in [0.29, 0.717) is 10.7 Å². The standard InChI is InChI=1S/C22H22ClF3N4O2S/c1-11(2)30-13(4)27-9-17(30)18(31)5-12(3)21-29-10-20(33-21)19(32)7-14-6-15(22(24,25)26)16(23)8-28-14/h6,8-12H,5,7H2,1-4H3/t12-/m0/s1. The van der Waals surface area contributed by atoms with Gasteiger partial charge in [-0.05, 0) is 26.8 Å². The van der Waals surface area contributed by atoms with Crippen LogP contribution in [0.3, 0.4) is 0 Å². The number of Topliss-reactive ketones (excluding diaryl/α,β-unsaturated/α-hetero) is 2. The van der Waals surface area contributed by atoms with Gasteiger partial charge in [-0.2, -0.15) is 13.2 Å². The largest absolute Gasteiger partial charge is 0.417 e. The number of thiazole rings is 1. The SMILES string of the molecule is Cc1ncc(C(=O)C[C@H](C)c2ncc(C(=O)Cc3cc(C(F)(F)F)c(Cl)cn3)s2)n1C(C)C. The number of alkyl halides is 3. The van der Waals surface area contributed by atoms with Crippen molar-refractivity contribution in [3.8, 4) is 0 Å². The van der Waals surface area contributed by atoms with E-state index in [2.05, 4.69) is 15.0 Å². The summed E-state index contributed by atoms with van der Waals surface area (Å²) < 4.78 is 41.0. The Hall–Kier alpha value is -2.59. The van der Waals surface area contributed by atoms with E-state index < -0.39 is 22.5 Å². The Kier molecular flexibility index (Phi) is 7.38. The second-order valence-electron chi connectivity index (χ2n) is 8.00. The fourth-order valence-electron chi connectivity index (χ4n) is 3.47. The van der Waals surface area contributed by atoms with Gasteiger partial charge < -0.3 is 4.57 Å². The monoisotopic (exact) mass is 498 g/mol. The third-order valence-electron chi connectivity index (χ3n) is 5.05. The van der Waals surface area contributed by atoms with Crippen molar-refractivity contribution in [1.29, 1.82) is 0 Å². The van der Waals surface area contributed by atoms with Crippen molar-refractivity contribution >= 4 is 34.5 Å². The number of nitrogens with zero attached hydrogens (tertiary/aromatic N) is 4. The molecule has 0 N–H and O–H groups in total. The molecule has 0 aliphatic rings. The summed E-state index contributed by atoms with van der Waals surface area (Å²) >= 11 is 6.70. The smallest absolute Gasteiger partial charge is 0.323 e. The van der Waals surface area contributed by atoms with Crippen LogP contribution in [0.25, 0.3) is 0 Å². The van der Waals surface area contributed by atoms with Gasteiger partial charge in [0.15, 0.2) is 11.6 Å². The van der Waals surface area contributed by atoms with Crippen LogP contribution in [0.5, 0.6) is 0 Å². The number of rotatable bonds is 8. The maximum Gasteiger partial charge on any atom is 0.417 e. The van der Waals surface area contributed by atoms with Crippen molar-refractivity contribution in [3.05, 3.63) is 62.3 Å². The Bertz CT molecular complexity index is 1190. The number of halogens is 4. The summed E-state index contributed by atoms with van der Waals surface area (Å²) in [5.74, 6) is 0.0247. The molecule has 3 aromatic rings. The van der Waals surface area contributed by atoms with Gasteiger partial charge >= 0.3 is 6.18 Å². The first kappa shape index (κ1) is 25.0. The zero-order valence-electron chi connectivity index (χ0n) is 18.4. The average Bonchev–Trinajstić information content (AvgIpc) is 3.35. The van der Waals surface area contributed by atoms with Crippen molar-refractivity contribution in [3.63, 3.8) is 0 Å². The van der Waals surface area contributed by atoms with Crippen LogP contribution >= 0.6 is 22.9 Å². The fourth-order valence-corrected chi connectivity index (χ4v) is 4.59. The number of ketones is 2. The summed E-state index contributed by atoms with van der Waals surface area (Å²) in [5.41, 5.74) is -0.543. The van der Waals surface area contributed by atoms with E-state index in [1.807, 2.05) is 32.3 Å². The second kappa shape index (κ2) is 9.72. The molecule has 0 saturated carbocycles. The lowest BCUT2D eigenvalue weighted by atomic mass is 10.0. The molecule has 0 amide bonds. The number of aromatic nitrogens is 4. The molecule has 1 atom stereocenters. The van der Waals surface area contributed by atoms with Gasteiger partial charge in [0, 0.05) is 36.5 Å². The molecular formula is C22H22ClF3N4O2S. The summed E-state index contributed by atoms with van der Waals surface area (Å²) in [4.78, 5) is 38.0. The lowest BCUT2D eigenvalue weighted by Gasteiger charge is -2.14. The predicted octanol–water partition coefficient (Wildman–Crippen LogP) is 6.10. The molecule has 0 spiro atoms. The van der Waals surface area contributed by atoms with Gasteiger partial charge in [-0.3, -0.25) is 14.6 Å². The van der Waals surface area contributed by atoms with Crippen molar-refractivity contribution in [1.82, 2.24) is 19.5 Å². The van der Waals surface area contributed by atoms with Gasteiger partial charge in [0.25, 0.3) is 0 Å². The highest BCUT2D eigenvalue weighted by molar-refractivity contribution is 7.13. The summed E-state index contributed by atoms with van der Waals surface area (Å²) in [5, 5.41) is 0.0744. The molecule has 0 aliphatic heterocycles. The normalized spacial score (nSPS) is 12.9. The first-order valence-corrected chi connectivity index (χ1v) is 11.4. The Balaban J connectivity index is 1.71. The van der Waals surface area contributed by atoms with Crippen molar-refractivity contribution in [2.45, 2.75) is 58.7 Å². The molecule has 176 valence electrons. The van der Waals surface area contributed by atoms with Crippen LogP contribution < -0.4 is 0 Å². The Labute approximate surface area is 197 Å². The van der Waals surface area contributed by atoms with E-state index in [-0.39, 0.29) is 41.2 Å². The lowest BCUT2D eigenvalue weighted by Crippen LogP contribution is -2.14. The van der Waals surface area contributed by atoms with Gasteiger partial charge in [0.05, 0.1) is 33.1 Å². The number of imidazole rings is 1. The maximum absolute atomic E-state index is 13.0. The van der Waals surface area contributed by atoms with Gasteiger partial charge in [0.1, 0.15) is 11.5 Å². The van der Waals surface area contributed by atoms with Gasteiger partial charge in [-0.25, -0.2) is 9.97 Å². The van der Waals surface area contributed by atoms with Crippen LogP contribution in [0.2, 0.25) is 5.02 Å². The zero-order chi connectivity index (χ0) is 24.5. The second-order valence-corrected chi connectivity index (χ2v) is 9.47. The fraction of sp³-hybridized carbons (Fsp3) is 0.409. The summed E-state index contributed by atoms with van der Waals surface area (Å²) in [6.45, 7) is 7.62. The first-order chi connectivity index (χ1) is 15.4. The zero-order valence-corrected chi connectivity index (χ0v) is 20.0. The number of carbonyl (C=O) groups excluding carboxylic acids is 2. The molecule has 6 nitrogen and oxygen atoms in total. The van der Waals surface area contributed by atoms with Gasteiger partial charge in [-0.1, -0.05) is 18.5 Å². The molecule has 11 heteroatoms. The minimum atomic E-state index is -4.64. The van der Waals surface area contributed by atoms with Crippen LogP contribution in [0.4, 0.5) is 13.2 Å². The number of carbonyl (C=O) groups is 2. The van der Waals surface area contributed by atoms with Crippen LogP contribution in [-0.2, 0) is 12.6 Å². The molecule has 0 aromatic carbocycles. The molecule has 0 radical (unpaired) electrons. The minimum absolute atomic E-state index is 0.0350. The lowest BCUT2D eigenvalue weighted by molar-refractivity contribution is -0.137. The predicted molar refractivity (Wildman–Crippen MR) is 119 cm³/mol. The van der Waals surface area contributed by atoms with Crippen molar-refractivity contribution in [2.75, 3.05) is 0 Å². The average molecular weight is 499 g/mol. The molecule has 3 heterocycles. The van der Waals surface area contributed by atoms with E-state index in [1.54, 1.807) is 6.20 Å². The number of pyridine rings is 1. The van der Waals surface area contributed by atoms with Crippen molar-refractivity contribution < 1.29 is 22.8 Å². The van der Waals surface area contributed by atoms with Crippen LogP contribution in [0, 0.1) is 6.92 Å². The summed E-state index contributed by atoms with van der Waals surface area (Å²) in [6, 6.07) is 0.869. The topological polar surface area (TPSA) is 77.7 Å². The van der Waals surface area contributed by atoms with E-state index in [0.717, 1.165) is 29.4 Å². The Morgan fingerprint density at radius 1 is 1.09 bits per heavy atom. The first-order valence-electron chi connectivity index (χ1n) is 10.2. The number of hydrogen-bond donors (Lipinski definition) is 0. The van der Waals surface area contributed by atoms with E-state index in [1.165, 1.54) is 6.20 Å². The molecule has 0 fully saturated rings. The van der Waals surface area contributed by atoms with E-state index in [4.69, 9.17) is 11.6 Å². The van der Waals surface area contributed by atoms with Crippen LogP contribution in [-0.4, -0.2) is 31.1 Å². The van der Waals surface area contributed by atoms with Gasteiger partial charge in [0.2, 0.25) is 0 Å². The molecule has 0 unspecified atom stereocenters. The maximum atomic E-state index is 13.0. The Morgan fingerprint density at radius 2 is 1.79 bits per heavy atom. The quantitative estimate of drug-likeness (QED) is 0.351. The van der Waals surface area contributed by atoms with Crippen LogP contribution in [0.15, 0.2) is 24.7 Å². The highest BCUT2D eigenvalue weighted by atomic mass is 35.5. The van der Waals surface area contributed by atoms with Gasteiger partial charge in [-0.15, -0.1) is 11.3 Å². The summed E-state index contributed by atoms with van der Waals surface area (Å²) in [6.07, 6.45) is -0.931. The molecule has 33 heavy (non-hydrogen) atoms. The highest BCUT2D eigenvalue weighted by Crippen LogP contribution is 2.35. The van der Waals surface area contributed by atoms with E-state index in [9.17, 15) is 22.8 Å². The van der Waals surface area contributed by atoms with Crippen LogP contribution in [0.1, 0.15) is 81.4 Å².